The predicted molar refractivity (Wildman–Crippen MR) is 184 cm³/mol. The van der Waals surface area contributed by atoms with Crippen molar-refractivity contribution in [2.45, 2.75) is 62.9 Å². The van der Waals surface area contributed by atoms with Gasteiger partial charge < -0.3 is 15.1 Å². The summed E-state index contributed by atoms with van der Waals surface area (Å²) in [6.07, 6.45) is 6.54. The first-order valence-electron chi connectivity index (χ1n) is 16.6. The lowest BCUT2D eigenvalue weighted by Crippen LogP contribution is -2.48. The lowest BCUT2D eigenvalue weighted by molar-refractivity contribution is -0.133. The van der Waals surface area contributed by atoms with E-state index in [1.54, 1.807) is 0 Å². The van der Waals surface area contributed by atoms with E-state index in [9.17, 15) is 9.59 Å². The number of carbonyl (C=O) groups excluding carboxylic acids is 2. The molecule has 6 rings (SSSR count). The number of ketones is 1. The summed E-state index contributed by atoms with van der Waals surface area (Å²) >= 11 is 6.15. The number of piperidine rings is 1. The summed E-state index contributed by atoms with van der Waals surface area (Å²) in [5.74, 6) is 0.421. The molecular weight excluding hydrogens is 578 g/mol. The van der Waals surface area contributed by atoms with E-state index in [4.69, 9.17) is 11.6 Å². The number of amides is 1. The van der Waals surface area contributed by atoms with Crippen LogP contribution >= 0.6 is 11.6 Å². The third kappa shape index (κ3) is 8.21. The molecule has 45 heavy (non-hydrogen) atoms. The lowest BCUT2D eigenvalue weighted by atomic mass is 9.90. The standard InChI is InChI=1S/C39H44ClN3O2/c40-34-17-16-31-26-33(15-14-32(31)27-34)38(44)19-18-35-20-25-43(39(45)37(41-35)21-24-42-22-8-3-9-23-42)28-36(29-10-4-1-5-11-29)30-12-6-2-7-13-30/h1-2,4-7,10-17,26-27,35-37,41H,3,8-9,18-25,28H2/t35-,37+/m1/s1. The fourth-order valence-corrected chi connectivity index (χ4v) is 7.21. The van der Waals surface area contributed by atoms with E-state index in [-0.39, 0.29) is 29.7 Å². The molecule has 0 aliphatic carbocycles. The van der Waals surface area contributed by atoms with E-state index < -0.39 is 0 Å². The molecule has 2 aliphatic heterocycles. The maximum Gasteiger partial charge on any atom is 0.239 e. The number of hydrogen-bond donors (Lipinski definition) is 1. The van der Waals surface area contributed by atoms with Gasteiger partial charge in [-0.2, -0.15) is 0 Å². The van der Waals surface area contributed by atoms with Gasteiger partial charge in [-0.15, -0.1) is 0 Å². The molecule has 4 aromatic rings. The Balaban J connectivity index is 1.17. The molecule has 2 atom stereocenters. The zero-order valence-electron chi connectivity index (χ0n) is 26.0. The quantitative estimate of drug-likeness (QED) is 0.174. The van der Waals surface area contributed by atoms with Crippen LogP contribution in [0.2, 0.25) is 5.02 Å². The van der Waals surface area contributed by atoms with Gasteiger partial charge in [-0.3, -0.25) is 9.59 Å². The molecule has 0 bridgehead atoms. The van der Waals surface area contributed by atoms with Gasteiger partial charge >= 0.3 is 0 Å². The molecule has 2 heterocycles. The minimum Gasteiger partial charge on any atom is -0.340 e. The summed E-state index contributed by atoms with van der Waals surface area (Å²) in [4.78, 5) is 32.2. The highest BCUT2D eigenvalue weighted by atomic mass is 35.5. The third-order valence-electron chi connectivity index (χ3n) is 9.63. The Hall–Kier alpha value is -3.51. The van der Waals surface area contributed by atoms with Crippen molar-refractivity contribution in [2.24, 2.45) is 0 Å². The van der Waals surface area contributed by atoms with E-state index in [1.807, 2.05) is 48.5 Å². The molecule has 2 saturated heterocycles. The molecule has 0 aromatic heterocycles. The number of carbonyl (C=O) groups is 2. The predicted octanol–water partition coefficient (Wildman–Crippen LogP) is 7.72. The van der Waals surface area contributed by atoms with Crippen LogP contribution in [0.25, 0.3) is 10.8 Å². The summed E-state index contributed by atoms with van der Waals surface area (Å²) in [6.45, 7) is 4.47. The highest BCUT2D eigenvalue weighted by Crippen LogP contribution is 2.28. The van der Waals surface area contributed by atoms with Gasteiger partial charge in [-0.1, -0.05) is 96.9 Å². The number of benzene rings is 4. The first-order valence-corrected chi connectivity index (χ1v) is 17.0. The average Bonchev–Trinajstić information content (AvgIpc) is 3.23. The Morgan fingerprint density at radius 3 is 2.18 bits per heavy atom. The first kappa shape index (κ1) is 31.5. The van der Waals surface area contributed by atoms with Crippen LogP contribution < -0.4 is 5.32 Å². The van der Waals surface area contributed by atoms with Crippen LogP contribution in [-0.2, 0) is 4.79 Å². The fourth-order valence-electron chi connectivity index (χ4n) is 7.03. The van der Waals surface area contributed by atoms with Gasteiger partial charge in [-0.25, -0.2) is 0 Å². The maximum atomic E-state index is 14.2. The van der Waals surface area contributed by atoms with Crippen LogP contribution in [0.15, 0.2) is 97.1 Å². The molecule has 6 heteroatoms. The van der Waals surface area contributed by atoms with Crippen LogP contribution in [0.5, 0.6) is 0 Å². The highest BCUT2D eigenvalue weighted by molar-refractivity contribution is 6.31. The minimum absolute atomic E-state index is 0.0972. The van der Waals surface area contributed by atoms with Crippen molar-refractivity contribution in [3.8, 4) is 0 Å². The van der Waals surface area contributed by atoms with Gasteiger partial charge in [0.25, 0.3) is 0 Å². The van der Waals surface area contributed by atoms with Crippen molar-refractivity contribution in [2.75, 3.05) is 32.7 Å². The monoisotopic (exact) mass is 621 g/mol. The van der Waals surface area contributed by atoms with Crippen molar-refractivity contribution < 1.29 is 9.59 Å². The maximum absolute atomic E-state index is 14.2. The second kappa shape index (κ2) is 15.2. The second-order valence-electron chi connectivity index (χ2n) is 12.7. The minimum atomic E-state index is -0.257. The molecule has 0 spiro atoms. The number of Topliss-reactive ketones (excluding diaryl/α,β-unsaturated/α-hetero) is 1. The van der Waals surface area contributed by atoms with Crippen LogP contribution in [-0.4, -0.2) is 66.3 Å². The normalized spacial score (nSPS) is 19.6. The summed E-state index contributed by atoms with van der Waals surface area (Å²) < 4.78 is 0. The summed E-state index contributed by atoms with van der Waals surface area (Å²) in [5, 5.41) is 6.49. The highest BCUT2D eigenvalue weighted by Gasteiger charge is 2.33. The summed E-state index contributed by atoms with van der Waals surface area (Å²) in [7, 11) is 0. The van der Waals surface area contributed by atoms with Crippen molar-refractivity contribution in [3.63, 3.8) is 0 Å². The number of fused-ring (bicyclic) bond motifs is 1. The van der Waals surface area contributed by atoms with E-state index in [2.05, 4.69) is 63.6 Å². The van der Waals surface area contributed by atoms with Gasteiger partial charge in [0.15, 0.2) is 5.78 Å². The Morgan fingerprint density at radius 1 is 0.800 bits per heavy atom. The molecule has 4 aromatic carbocycles. The molecule has 234 valence electrons. The molecule has 5 nitrogen and oxygen atoms in total. The van der Waals surface area contributed by atoms with E-state index >= 15 is 0 Å². The number of nitrogens with zero attached hydrogens (tertiary/aromatic N) is 2. The molecule has 2 fully saturated rings. The zero-order chi connectivity index (χ0) is 31.0. The second-order valence-corrected chi connectivity index (χ2v) is 13.2. The van der Waals surface area contributed by atoms with Gasteiger partial charge in [0, 0.05) is 48.6 Å². The molecule has 0 radical (unpaired) electrons. The van der Waals surface area contributed by atoms with E-state index in [1.165, 1.54) is 30.4 Å². The SMILES string of the molecule is O=C(CC[C@@H]1CCN(CC(c2ccccc2)c2ccccc2)C(=O)[C@H](CCN2CCCCC2)N1)c1ccc2cc(Cl)ccc2c1. The Labute approximate surface area is 272 Å². The molecule has 0 saturated carbocycles. The smallest absolute Gasteiger partial charge is 0.239 e. The lowest BCUT2D eigenvalue weighted by Gasteiger charge is -2.31. The summed E-state index contributed by atoms with van der Waals surface area (Å²) in [6, 6.07) is 32.5. The van der Waals surface area contributed by atoms with E-state index in [0.29, 0.717) is 31.0 Å². The number of halogens is 1. The Morgan fingerprint density at radius 2 is 1.47 bits per heavy atom. The molecular formula is C39H44ClN3O2. The molecule has 0 unspecified atom stereocenters. The molecule has 1 amide bonds. The average molecular weight is 622 g/mol. The van der Waals surface area contributed by atoms with Gasteiger partial charge in [0.05, 0.1) is 6.04 Å². The van der Waals surface area contributed by atoms with Crippen LogP contribution in [0.1, 0.15) is 72.3 Å². The third-order valence-corrected chi connectivity index (χ3v) is 9.86. The number of nitrogens with one attached hydrogen (secondary N) is 1. The molecule has 2 aliphatic rings. The van der Waals surface area contributed by atoms with Gasteiger partial charge in [0.1, 0.15) is 0 Å². The Kier molecular flexibility index (Phi) is 10.6. The van der Waals surface area contributed by atoms with Crippen LogP contribution in [0, 0.1) is 0 Å². The van der Waals surface area contributed by atoms with Crippen molar-refractivity contribution in [1.82, 2.24) is 15.1 Å². The number of rotatable bonds is 11. The number of hydrogen-bond acceptors (Lipinski definition) is 4. The topological polar surface area (TPSA) is 52.7 Å². The van der Waals surface area contributed by atoms with Crippen LogP contribution in [0.4, 0.5) is 0 Å². The summed E-state index contributed by atoms with van der Waals surface area (Å²) in [5.41, 5.74) is 3.17. The van der Waals surface area contributed by atoms with Gasteiger partial charge in [0.2, 0.25) is 5.91 Å². The van der Waals surface area contributed by atoms with Crippen molar-refractivity contribution in [1.29, 1.82) is 0 Å². The Bertz CT molecular complexity index is 1530. The largest absolute Gasteiger partial charge is 0.340 e. The van der Waals surface area contributed by atoms with E-state index in [0.717, 1.165) is 48.8 Å². The van der Waals surface area contributed by atoms with Crippen molar-refractivity contribution in [3.05, 3.63) is 119 Å². The fraction of sp³-hybridized carbons (Fsp3) is 0.385. The zero-order valence-corrected chi connectivity index (χ0v) is 26.8. The molecule has 1 N–H and O–H groups in total. The van der Waals surface area contributed by atoms with Crippen molar-refractivity contribution >= 4 is 34.1 Å². The van der Waals surface area contributed by atoms with Crippen LogP contribution in [0.3, 0.4) is 0 Å². The number of likely N-dealkylation sites (tertiary alicyclic amines) is 1. The first-order chi connectivity index (χ1) is 22.0. The van der Waals surface area contributed by atoms with Gasteiger partial charge in [-0.05, 0) is 85.3 Å².